The topological polar surface area (TPSA) is 110 Å². The lowest BCUT2D eigenvalue weighted by Crippen LogP contribution is -2.24. The van der Waals surface area contributed by atoms with Gasteiger partial charge in [-0.25, -0.2) is 4.79 Å². The zero-order valence-corrected chi connectivity index (χ0v) is 14.5. The normalized spacial score (nSPS) is 12.1. The summed E-state index contributed by atoms with van der Waals surface area (Å²) in [6.45, 7) is 3.25. The summed E-state index contributed by atoms with van der Waals surface area (Å²) >= 11 is -2.19. The lowest BCUT2D eigenvalue weighted by molar-refractivity contribution is 0.379. The molecule has 9 nitrogen and oxygen atoms in total. The van der Waals surface area contributed by atoms with Crippen molar-refractivity contribution in [2.24, 2.45) is 0 Å². The highest BCUT2D eigenvalue weighted by Crippen LogP contribution is 2.23. The van der Waals surface area contributed by atoms with E-state index in [4.69, 9.17) is 13.4 Å². The van der Waals surface area contributed by atoms with Gasteiger partial charge in [0.05, 0.1) is 7.11 Å². The van der Waals surface area contributed by atoms with Crippen molar-refractivity contribution in [3.05, 3.63) is 57.7 Å². The average Bonchev–Trinajstić information content (AvgIpc) is 3.11. The molecule has 1 unspecified atom stereocenters. The van der Waals surface area contributed by atoms with Crippen LogP contribution in [0.1, 0.15) is 22.8 Å². The molecule has 0 bridgehead atoms. The summed E-state index contributed by atoms with van der Waals surface area (Å²) in [5, 5.41) is 7.39. The molecule has 0 aliphatic rings. The van der Waals surface area contributed by atoms with Gasteiger partial charge < -0.3 is 13.4 Å². The maximum absolute atomic E-state index is 12.5. The first-order chi connectivity index (χ1) is 12.0. The molecule has 0 aliphatic carbocycles. The SMILES string of the molecule is COc1cccc(Cc2noc(=O)n2S(=O)Oc2c(C)noc2C)c1. The highest BCUT2D eigenvalue weighted by Gasteiger charge is 2.22. The quantitative estimate of drug-likeness (QED) is 0.647. The predicted octanol–water partition coefficient (Wildman–Crippen LogP) is 1.55. The molecule has 0 aliphatic heterocycles. The highest BCUT2D eigenvalue weighted by molar-refractivity contribution is 7.79. The number of hydrogen-bond acceptors (Lipinski definition) is 8. The van der Waals surface area contributed by atoms with Crippen molar-refractivity contribution in [3.8, 4) is 11.5 Å². The molecular formula is C15H15N3O6S. The van der Waals surface area contributed by atoms with E-state index in [1.165, 1.54) is 0 Å². The maximum atomic E-state index is 12.5. The average molecular weight is 365 g/mol. The Hall–Kier alpha value is -2.88. The van der Waals surface area contributed by atoms with Crippen LogP contribution in [0.15, 0.2) is 38.1 Å². The number of aryl methyl sites for hydroxylation is 2. The summed E-state index contributed by atoms with van der Waals surface area (Å²) in [5.74, 6) is 0.484. The Labute approximate surface area is 144 Å². The number of aromatic nitrogens is 3. The van der Waals surface area contributed by atoms with Gasteiger partial charge >= 0.3 is 17.0 Å². The summed E-state index contributed by atoms with van der Waals surface area (Å²) in [6.07, 6.45) is 0.208. The van der Waals surface area contributed by atoms with Crippen LogP contribution in [0.3, 0.4) is 0 Å². The number of nitrogens with zero attached hydrogens (tertiary/aromatic N) is 3. The standard InChI is InChI=1S/C15H15N3O6S/c1-9-14(10(2)22-16-9)24-25(20)18-13(17-23-15(18)19)8-11-5-4-6-12(7-11)21-3/h4-7H,8H2,1-3H3. The van der Waals surface area contributed by atoms with E-state index in [1.54, 1.807) is 39.2 Å². The van der Waals surface area contributed by atoms with E-state index in [0.717, 1.165) is 9.54 Å². The van der Waals surface area contributed by atoms with Gasteiger partial charge in [-0.3, -0.25) is 4.52 Å². The minimum atomic E-state index is -2.19. The zero-order chi connectivity index (χ0) is 18.0. The zero-order valence-electron chi connectivity index (χ0n) is 13.7. The molecule has 132 valence electrons. The van der Waals surface area contributed by atoms with Gasteiger partial charge in [0, 0.05) is 13.3 Å². The highest BCUT2D eigenvalue weighted by atomic mass is 32.2. The van der Waals surface area contributed by atoms with Crippen molar-refractivity contribution in [2.45, 2.75) is 20.3 Å². The van der Waals surface area contributed by atoms with Gasteiger partial charge in [0.25, 0.3) is 0 Å². The molecule has 1 aromatic carbocycles. The molecule has 10 heteroatoms. The van der Waals surface area contributed by atoms with Crippen LogP contribution in [-0.4, -0.2) is 25.6 Å². The first-order valence-electron chi connectivity index (χ1n) is 7.23. The number of hydrogen-bond donors (Lipinski definition) is 0. The van der Waals surface area contributed by atoms with Gasteiger partial charge in [-0.05, 0) is 24.6 Å². The van der Waals surface area contributed by atoms with E-state index in [1.807, 2.05) is 6.07 Å². The van der Waals surface area contributed by atoms with Crippen LogP contribution < -0.4 is 14.7 Å². The first-order valence-corrected chi connectivity index (χ1v) is 8.26. The van der Waals surface area contributed by atoms with Gasteiger partial charge in [0.15, 0.2) is 11.6 Å². The van der Waals surface area contributed by atoms with E-state index in [2.05, 4.69) is 14.8 Å². The van der Waals surface area contributed by atoms with Crippen molar-refractivity contribution in [3.63, 3.8) is 0 Å². The van der Waals surface area contributed by atoms with E-state index in [0.29, 0.717) is 17.2 Å². The Morgan fingerprint density at radius 3 is 2.72 bits per heavy atom. The van der Waals surface area contributed by atoms with Gasteiger partial charge in [-0.2, -0.15) is 4.21 Å². The van der Waals surface area contributed by atoms with Gasteiger partial charge in [-0.1, -0.05) is 22.4 Å². The van der Waals surface area contributed by atoms with Crippen molar-refractivity contribution >= 4 is 11.3 Å². The van der Waals surface area contributed by atoms with E-state index in [-0.39, 0.29) is 18.0 Å². The lowest BCUT2D eigenvalue weighted by Gasteiger charge is -2.06. The van der Waals surface area contributed by atoms with Crippen LogP contribution in [0.25, 0.3) is 0 Å². The van der Waals surface area contributed by atoms with Crippen molar-refractivity contribution in [2.75, 3.05) is 7.11 Å². The lowest BCUT2D eigenvalue weighted by atomic mass is 10.1. The summed E-state index contributed by atoms with van der Waals surface area (Å²) in [4.78, 5) is 11.9. The third-order valence-electron chi connectivity index (χ3n) is 3.40. The summed E-state index contributed by atoms with van der Waals surface area (Å²) < 4.78 is 33.4. The number of methoxy groups -OCH3 is 1. The summed E-state index contributed by atoms with van der Waals surface area (Å²) in [5.41, 5.74) is 1.22. The van der Waals surface area contributed by atoms with Crippen LogP contribution in [0, 0.1) is 13.8 Å². The molecule has 0 amide bonds. The molecule has 0 saturated carbocycles. The molecule has 25 heavy (non-hydrogen) atoms. The summed E-state index contributed by atoms with van der Waals surface area (Å²) in [7, 11) is 1.55. The minimum absolute atomic E-state index is 0.156. The Kier molecular flexibility index (Phi) is 4.70. The Balaban J connectivity index is 1.88. The number of ether oxygens (including phenoxy) is 1. The molecular weight excluding hydrogens is 350 g/mol. The van der Waals surface area contributed by atoms with Crippen molar-refractivity contribution in [1.29, 1.82) is 0 Å². The van der Waals surface area contributed by atoms with E-state index < -0.39 is 17.0 Å². The Bertz CT molecular complexity index is 954. The molecule has 0 spiro atoms. The minimum Gasteiger partial charge on any atom is -0.497 e. The Morgan fingerprint density at radius 2 is 2.04 bits per heavy atom. The fourth-order valence-electron chi connectivity index (χ4n) is 2.19. The van der Waals surface area contributed by atoms with Crippen LogP contribution in [-0.2, 0) is 17.7 Å². The third-order valence-corrected chi connectivity index (χ3v) is 4.36. The molecule has 1 atom stereocenters. The van der Waals surface area contributed by atoms with Gasteiger partial charge in [0.2, 0.25) is 5.75 Å². The molecule has 3 rings (SSSR count). The molecule has 0 saturated heterocycles. The molecule has 0 N–H and O–H groups in total. The van der Waals surface area contributed by atoms with Gasteiger partial charge in [0.1, 0.15) is 11.4 Å². The van der Waals surface area contributed by atoms with Crippen LogP contribution in [0.2, 0.25) is 0 Å². The molecule has 0 radical (unpaired) electrons. The fraction of sp³-hybridized carbons (Fsp3) is 0.267. The fourth-order valence-corrected chi connectivity index (χ4v) is 3.07. The smallest absolute Gasteiger partial charge is 0.456 e. The number of benzene rings is 1. The largest absolute Gasteiger partial charge is 0.497 e. The Morgan fingerprint density at radius 1 is 1.24 bits per heavy atom. The summed E-state index contributed by atoms with van der Waals surface area (Å²) in [6, 6.07) is 7.19. The maximum Gasteiger partial charge on any atom is 0.456 e. The number of rotatable bonds is 6. The van der Waals surface area contributed by atoms with Crippen LogP contribution >= 0.6 is 0 Å². The second-order valence-corrected chi connectivity index (χ2v) is 6.11. The van der Waals surface area contributed by atoms with Crippen LogP contribution in [0.5, 0.6) is 11.5 Å². The second kappa shape index (κ2) is 6.93. The second-order valence-electron chi connectivity index (χ2n) is 5.14. The van der Waals surface area contributed by atoms with E-state index in [9.17, 15) is 9.00 Å². The predicted molar refractivity (Wildman–Crippen MR) is 86.7 cm³/mol. The molecule has 3 aromatic rings. The molecule has 2 heterocycles. The monoisotopic (exact) mass is 365 g/mol. The van der Waals surface area contributed by atoms with Crippen molar-refractivity contribution in [1.82, 2.24) is 14.3 Å². The van der Waals surface area contributed by atoms with Crippen molar-refractivity contribution < 1.29 is 22.2 Å². The first kappa shape index (κ1) is 17.0. The van der Waals surface area contributed by atoms with Gasteiger partial charge in [-0.15, -0.1) is 3.97 Å². The van der Waals surface area contributed by atoms with Crippen LogP contribution in [0.4, 0.5) is 0 Å². The molecule has 2 aromatic heterocycles. The third kappa shape index (κ3) is 3.48. The molecule has 0 fully saturated rings. The van der Waals surface area contributed by atoms with E-state index >= 15 is 0 Å².